The molecule has 1 aliphatic heterocycles. The first kappa shape index (κ1) is 11.8. The number of hydrazone groups is 1. The van der Waals surface area contributed by atoms with Crippen LogP contribution in [0.15, 0.2) is 29.4 Å². The van der Waals surface area contributed by atoms with Crippen LogP contribution in [0, 0.1) is 11.7 Å². The van der Waals surface area contributed by atoms with Crippen molar-refractivity contribution in [1.29, 1.82) is 0 Å². The number of carbonyl (C=O) groups is 1. The second kappa shape index (κ2) is 4.65. The zero-order valence-corrected chi connectivity index (χ0v) is 9.98. The number of halogens is 1. The Morgan fingerprint density at radius 1 is 1.47 bits per heavy atom. The van der Waals surface area contributed by atoms with Gasteiger partial charge in [0.2, 0.25) is 0 Å². The molecule has 1 aromatic rings. The maximum atomic E-state index is 13.0. The number of benzene rings is 1. The molecule has 0 aromatic heterocycles. The average Bonchev–Trinajstić information content (AvgIpc) is 2.57. The number of hydrogen-bond acceptors (Lipinski definition) is 2. The molecule has 1 atom stereocenters. The Hall–Kier alpha value is -1.71. The minimum absolute atomic E-state index is 0.00823. The van der Waals surface area contributed by atoms with E-state index in [0.29, 0.717) is 6.54 Å². The van der Waals surface area contributed by atoms with Gasteiger partial charge in [-0.25, -0.2) is 9.40 Å². The quantitative estimate of drug-likeness (QED) is 0.791. The molecule has 1 unspecified atom stereocenters. The number of rotatable bonds is 3. The van der Waals surface area contributed by atoms with Crippen LogP contribution in [0.5, 0.6) is 0 Å². The molecule has 2 rings (SSSR count). The Morgan fingerprint density at radius 2 is 2.24 bits per heavy atom. The first-order valence-corrected chi connectivity index (χ1v) is 5.75. The van der Waals surface area contributed by atoms with Crippen LogP contribution in [0.1, 0.15) is 25.8 Å². The van der Waals surface area contributed by atoms with Crippen LogP contribution in [0.3, 0.4) is 0 Å². The van der Waals surface area contributed by atoms with E-state index < -0.39 is 0 Å². The number of nitrogens with zero attached hydrogens (tertiary/aromatic N) is 2. The zero-order chi connectivity index (χ0) is 12.4. The van der Waals surface area contributed by atoms with E-state index in [0.717, 1.165) is 17.7 Å². The smallest absolute Gasteiger partial charge is 0.251 e. The van der Waals surface area contributed by atoms with Crippen molar-refractivity contribution in [3.05, 3.63) is 35.6 Å². The van der Waals surface area contributed by atoms with Crippen LogP contribution in [-0.4, -0.2) is 16.6 Å². The molecule has 1 heterocycles. The lowest BCUT2D eigenvalue weighted by Gasteiger charge is -2.12. The predicted octanol–water partition coefficient (Wildman–Crippen LogP) is 2.57. The Labute approximate surface area is 99.9 Å². The Bertz CT molecular complexity index is 470. The van der Waals surface area contributed by atoms with E-state index in [-0.39, 0.29) is 17.6 Å². The van der Waals surface area contributed by atoms with Crippen molar-refractivity contribution in [2.45, 2.75) is 26.8 Å². The molecule has 0 saturated heterocycles. The molecule has 1 aromatic carbocycles. The van der Waals surface area contributed by atoms with E-state index in [9.17, 15) is 9.18 Å². The zero-order valence-electron chi connectivity index (χ0n) is 9.98. The van der Waals surface area contributed by atoms with Gasteiger partial charge in [0.15, 0.2) is 0 Å². The second-order valence-electron chi connectivity index (χ2n) is 4.19. The van der Waals surface area contributed by atoms with Crippen LogP contribution >= 0.6 is 0 Å². The normalized spacial score (nSPS) is 19.7. The monoisotopic (exact) mass is 234 g/mol. The summed E-state index contributed by atoms with van der Waals surface area (Å²) >= 11 is 0. The van der Waals surface area contributed by atoms with E-state index in [2.05, 4.69) is 5.10 Å². The van der Waals surface area contributed by atoms with E-state index >= 15 is 0 Å². The van der Waals surface area contributed by atoms with Crippen molar-refractivity contribution in [3.8, 4) is 0 Å². The second-order valence-corrected chi connectivity index (χ2v) is 4.19. The van der Waals surface area contributed by atoms with Gasteiger partial charge in [-0.15, -0.1) is 0 Å². The van der Waals surface area contributed by atoms with Crippen LogP contribution in [0.2, 0.25) is 0 Å². The third-order valence-corrected chi connectivity index (χ3v) is 2.96. The highest BCUT2D eigenvalue weighted by Crippen LogP contribution is 2.19. The minimum Gasteiger partial charge on any atom is -0.272 e. The van der Waals surface area contributed by atoms with Gasteiger partial charge in [0, 0.05) is 0 Å². The molecule has 1 aliphatic rings. The fraction of sp³-hybridized carbons (Fsp3) is 0.385. The minimum atomic E-state index is -0.290. The predicted molar refractivity (Wildman–Crippen MR) is 63.8 cm³/mol. The van der Waals surface area contributed by atoms with E-state index in [1.165, 1.54) is 17.1 Å². The largest absolute Gasteiger partial charge is 0.272 e. The lowest BCUT2D eigenvalue weighted by Crippen LogP contribution is -2.25. The van der Waals surface area contributed by atoms with Gasteiger partial charge in [0.1, 0.15) is 5.82 Å². The summed E-state index contributed by atoms with van der Waals surface area (Å²) in [6, 6.07) is 6.25. The van der Waals surface area contributed by atoms with Crippen molar-refractivity contribution < 1.29 is 9.18 Å². The van der Waals surface area contributed by atoms with Crippen molar-refractivity contribution in [3.63, 3.8) is 0 Å². The van der Waals surface area contributed by atoms with Gasteiger partial charge in [-0.1, -0.05) is 19.1 Å². The molecule has 0 aliphatic carbocycles. The maximum Gasteiger partial charge on any atom is 0.251 e. The first-order valence-electron chi connectivity index (χ1n) is 5.75. The molecule has 0 bridgehead atoms. The molecular formula is C13H15FN2O. The van der Waals surface area contributed by atoms with E-state index in [1.54, 1.807) is 12.1 Å². The lowest BCUT2D eigenvalue weighted by molar-refractivity contribution is -0.131. The highest BCUT2D eigenvalue weighted by molar-refractivity contribution is 6.07. The van der Waals surface area contributed by atoms with Crippen LogP contribution in [0.4, 0.5) is 4.39 Å². The molecule has 17 heavy (non-hydrogen) atoms. The summed E-state index contributed by atoms with van der Waals surface area (Å²) in [5.41, 5.74) is 1.65. The molecule has 1 amide bonds. The summed E-state index contributed by atoms with van der Waals surface area (Å²) in [5, 5.41) is 5.70. The summed E-state index contributed by atoms with van der Waals surface area (Å²) in [6.07, 6.45) is 0.770. The summed E-state index contributed by atoms with van der Waals surface area (Å²) in [5.74, 6) is -0.443. The van der Waals surface area contributed by atoms with Gasteiger partial charge in [-0.2, -0.15) is 5.10 Å². The molecular weight excluding hydrogens is 219 g/mol. The van der Waals surface area contributed by atoms with Crippen molar-refractivity contribution in [2.75, 3.05) is 0 Å². The van der Waals surface area contributed by atoms with E-state index in [4.69, 9.17) is 0 Å². The van der Waals surface area contributed by atoms with Gasteiger partial charge in [-0.3, -0.25) is 4.79 Å². The molecule has 0 fully saturated rings. The molecule has 4 heteroatoms. The third-order valence-electron chi connectivity index (χ3n) is 2.96. The van der Waals surface area contributed by atoms with Crippen LogP contribution < -0.4 is 0 Å². The number of carbonyl (C=O) groups excluding carboxylic acids is 1. The SMILES string of the molecule is CCC1=NN(Cc2cccc(F)c2)C(=O)C1C. The standard InChI is InChI=1S/C13H15FN2O/c1-3-12-9(2)13(17)16(15-12)8-10-5-4-6-11(14)7-10/h4-7,9H,3,8H2,1-2H3. The highest BCUT2D eigenvalue weighted by Gasteiger charge is 2.30. The van der Waals surface area contributed by atoms with Gasteiger partial charge in [-0.05, 0) is 31.0 Å². The molecule has 0 N–H and O–H groups in total. The molecule has 3 nitrogen and oxygen atoms in total. The lowest BCUT2D eigenvalue weighted by atomic mass is 10.0. The summed E-state index contributed by atoms with van der Waals surface area (Å²) in [6.45, 7) is 4.18. The summed E-state index contributed by atoms with van der Waals surface area (Å²) in [4.78, 5) is 11.9. The van der Waals surface area contributed by atoms with Crippen LogP contribution in [-0.2, 0) is 11.3 Å². The first-order chi connectivity index (χ1) is 8.11. The van der Waals surface area contributed by atoms with Crippen molar-refractivity contribution in [1.82, 2.24) is 5.01 Å². The maximum absolute atomic E-state index is 13.0. The molecule has 0 saturated carbocycles. The fourth-order valence-corrected chi connectivity index (χ4v) is 1.96. The van der Waals surface area contributed by atoms with E-state index in [1.807, 2.05) is 13.8 Å². The highest BCUT2D eigenvalue weighted by atomic mass is 19.1. The van der Waals surface area contributed by atoms with Gasteiger partial charge >= 0.3 is 0 Å². The number of hydrogen-bond donors (Lipinski definition) is 0. The number of amides is 1. The van der Waals surface area contributed by atoms with Gasteiger partial charge < -0.3 is 0 Å². The summed E-state index contributed by atoms with van der Waals surface area (Å²) < 4.78 is 13.0. The summed E-state index contributed by atoms with van der Waals surface area (Å²) in [7, 11) is 0. The molecule has 90 valence electrons. The average molecular weight is 234 g/mol. The topological polar surface area (TPSA) is 32.7 Å². The third kappa shape index (κ3) is 2.35. The Balaban J connectivity index is 2.15. The fourth-order valence-electron chi connectivity index (χ4n) is 1.96. The van der Waals surface area contributed by atoms with Gasteiger partial charge in [0.05, 0.1) is 18.2 Å². The Morgan fingerprint density at radius 3 is 2.82 bits per heavy atom. The van der Waals surface area contributed by atoms with Crippen molar-refractivity contribution in [2.24, 2.45) is 11.0 Å². The Kier molecular flexibility index (Phi) is 3.22. The molecule has 0 radical (unpaired) electrons. The molecule has 0 spiro atoms. The van der Waals surface area contributed by atoms with Crippen molar-refractivity contribution >= 4 is 11.6 Å². The van der Waals surface area contributed by atoms with Gasteiger partial charge in [0.25, 0.3) is 5.91 Å². The van der Waals surface area contributed by atoms with Crippen LogP contribution in [0.25, 0.3) is 0 Å².